The molecule has 144 valence electrons. The van der Waals surface area contributed by atoms with Crippen LogP contribution < -0.4 is 4.90 Å². The lowest BCUT2D eigenvalue weighted by atomic mass is 10.1. The van der Waals surface area contributed by atoms with E-state index in [0.29, 0.717) is 26.2 Å². The minimum atomic E-state index is -0.529. The molecule has 0 spiro atoms. The average molecular weight is 419 g/mol. The van der Waals surface area contributed by atoms with Gasteiger partial charge >= 0.3 is 0 Å². The Morgan fingerprint density at radius 1 is 0.964 bits per heavy atom. The molecule has 9 heteroatoms. The Hall–Kier alpha value is -2.64. The van der Waals surface area contributed by atoms with Crippen LogP contribution in [-0.2, 0) is 4.79 Å². The molecule has 0 bridgehead atoms. The van der Waals surface area contributed by atoms with Crippen LogP contribution >= 0.6 is 23.2 Å². The summed E-state index contributed by atoms with van der Waals surface area (Å²) in [6, 6.07) is 8.43. The number of aromatic nitrogens is 1. The Balaban J connectivity index is 1.41. The number of rotatable bonds is 3. The van der Waals surface area contributed by atoms with E-state index in [2.05, 4.69) is 9.88 Å². The number of nitrogens with zero attached hydrogens (tertiary/aromatic N) is 4. The number of halogens is 2. The lowest BCUT2D eigenvalue weighted by Crippen LogP contribution is -2.52. The predicted molar refractivity (Wildman–Crippen MR) is 105 cm³/mol. The van der Waals surface area contributed by atoms with Crippen molar-refractivity contribution >= 4 is 46.7 Å². The molecule has 1 fully saturated rings. The predicted octanol–water partition coefficient (Wildman–Crippen LogP) is 2.33. The zero-order valence-corrected chi connectivity index (χ0v) is 16.3. The van der Waals surface area contributed by atoms with E-state index in [-0.39, 0.29) is 33.6 Å². The molecule has 0 N–H and O–H groups in total. The third kappa shape index (κ3) is 3.31. The van der Waals surface area contributed by atoms with Gasteiger partial charge in [-0.25, -0.2) is 4.98 Å². The second kappa shape index (κ2) is 7.41. The summed E-state index contributed by atoms with van der Waals surface area (Å²) in [5.41, 5.74) is 0.347. The third-order valence-corrected chi connectivity index (χ3v) is 5.63. The topological polar surface area (TPSA) is 73.8 Å². The maximum absolute atomic E-state index is 12.7. The van der Waals surface area contributed by atoms with Crippen LogP contribution in [0.15, 0.2) is 36.5 Å². The fourth-order valence-electron chi connectivity index (χ4n) is 3.39. The van der Waals surface area contributed by atoms with Crippen molar-refractivity contribution in [2.45, 2.75) is 0 Å². The first-order chi connectivity index (χ1) is 13.5. The molecule has 3 amide bonds. The number of carbonyl (C=O) groups excluding carboxylic acids is 3. The van der Waals surface area contributed by atoms with E-state index < -0.39 is 11.8 Å². The van der Waals surface area contributed by atoms with E-state index in [0.717, 1.165) is 10.7 Å². The summed E-state index contributed by atoms with van der Waals surface area (Å²) in [5, 5.41) is 0.390. The van der Waals surface area contributed by atoms with Crippen molar-refractivity contribution in [2.24, 2.45) is 0 Å². The summed E-state index contributed by atoms with van der Waals surface area (Å²) in [7, 11) is 0. The van der Waals surface area contributed by atoms with Gasteiger partial charge in [-0.3, -0.25) is 19.3 Å². The van der Waals surface area contributed by atoms with Gasteiger partial charge in [0.1, 0.15) is 12.4 Å². The Bertz CT molecular complexity index is 918. The minimum absolute atomic E-state index is 0.173. The molecule has 2 aliphatic heterocycles. The van der Waals surface area contributed by atoms with Gasteiger partial charge in [-0.1, -0.05) is 29.3 Å². The molecular formula is C19H16Cl2N4O3. The van der Waals surface area contributed by atoms with Gasteiger partial charge in [-0.05, 0) is 24.3 Å². The third-order valence-electron chi connectivity index (χ3n) is 4.91. The van der Waals surface area contributed by atoms with E-state index in [1.165, 1.54) is 12.1 Å². The lowest BCUT2D eigenvalue weighted by molar-refractivity contribution is -0.131. The van der Waals surface area contributed by atoms with Crippen LogP contribution in [0.5, 0.6) is 0 Å². The zero-order valence-electron chi connectivity index (χ0n) is 14.8. The van der Waals surface area contributed by atoms with Gasteiger partial charge in [0.15, 0.2) is 0 Å². The van der Waals surface area contributed by atoms with Crippen molar-refractivity contribution in [3.8, 4) is 0 Å². The molecule has 0 atom stereocenters. The number of fused-ring (bicyclic) bond motifs is 1. The number of pyridine rings is 1. The van der Waals surface area contributed by atoms with Gasteiger partial charge in [0.05, 0.1) is 21.2 Å². The van der Waals surface area contributed by atoms with Crippen LogP contribution in [-0.4, -0.2) is 65.2 Å². The highest BCUT2D eigenvalue weighted by atomic mass is 35.5. The minimum Gasteiger partial charge on any atom is -0.353 e. The van der Waals surface area contributed by atoms with E-state index in [4.69, 9.17) is 23.2 Å². The molecule has 0 unspecified atom stereocenters. The number of amides is 3. The Labute approximate surface area is 171 Å². The van der Waals surface area contributed by atoms with Crippen LogP contribution in [0.25, 0.3) is 0 Å². The Kier molecular flexibility index (Phi) is 4.95. The molecule has 3 heterocycles. The summed E-state index contributed by atoms with van der Waals surface area (Å²) in [4.78, 5) is 46.8. The normalized spacial score (nSPS) is 16.6. The molecule has 0 aliphatic carbocycles. The number of hydrogen-bond acceptors (Lipinski definition) is 5. The number of hydrogen-bond donors (Lipinski definition) is 0. The number of piperazine rings is 1. The van der Waals surface area contributed by atoms with Gasteiger partial charge in [-0.2, -0.15) is 0 Å². The maximum atomic E-state index is 12.7. The van der Waals surface area contributed by atoms with Gasteiger partial charge in [0, 0.05) is 32.4 Å². The van der Waals surface area contributed by atoms with Crippen LogP contribution in [0.3, 0.4) is 0 Å². The second-order valence-electron chi connectivity index (χ2n) is 6.56. The van der Waals surface area contributed by atoms with Gasteiger partial charge in [0.2, 0.25) is 5.91 Å². The van der Waals surface area contributed by atoms with Crippen molar-refractivity contribution in [1.29, 1.82) is 0 Å². The monoisotopic (exact) mass is 418 g/mol. The number of anilines is 1. The molecule has 2 aromatic rings. The summed E-state index contributed by atoms with van der Waals surface area (Å²) in [6.07, 6.45) is 1.73. The summed E-state index contributed by atoms with van der Waals surface area (Å²) in [5.74, 6) is -0.464. The first-order valence-corrected chi connectivity index (χ1v) is 9.50. The molecule has 1 saturated heterocycles. The molecule has 1 aromatic carbocycles. The molecule has 0 saturated carbocycles. The molecule has 0 radical (unpaired) electrons. The van der Waals surface area contributed by atoms with Gasteiger partial charge < -0.3 is 9.80 Å². The van der Waals surface area contributed by atoms with Gasteiger partial charge in [-0.15, -0.1) is 0 Å². The highest BCUT2D eigenvalue weighted by Gasteiger charge is 2.38. The number of benzene rings is 1. The summed E-state index contributed by atoms with van der Waals surface area (Å²) in [6.45, 7) is 1.96. The Morgan fingerprint density at radius 3 is 2.11 bits per heavy atom. The lowest BCUT2D eigenvalue weighted by Gasteiger charge is -2.35. The quantitative estimate of drug-likeness (QED) is 0.715. The van der Waals surface area contributed by atoms with E-state index >= 15 is 0 Å². The van der Waals surface area contributed by atoms with Crippen molar-refractivity contribution in [3.05, 3.63) is 57.7 Å². The fourth-order valence-corrected chi connectivity index (χ4v) is 3.72. The van der Waals surface area contributed by atoms with Crippen molar-refractivity contribution in [2.75, 3.05) is 37.6 Å². The van der Waals surface area contributed by atoms with Crippen molar-refractivity contribution < 1.29 is 14.4 Å². The largest absolute Gasteiger partial charge is 0.353 e. The smallest absolute Gasteiger partial charge is 0.262 e. The number of imide groups is 1. The van der Waals surface area contributed by atoms with E-state index in [1.54, 1.807) is 11.1 Å². The van der Waals surface area contributed by atoms with Crippen LogP contribution in [0, 0.1) is 0 Å². The van der Waals surface area contributed by atoms with Gasteiger partial charge in [0.25, 0.3) is 11.8 Å². The first kappa shape index (κ1) is 18.7. The van der Waals surface area contributed by atoms with Crippen molar-refractivity contribution in [1.82, 2.24) is 14.8 Å². The summed E-state index contributed by atoms with van der Waals surface area (Å²) >= 11 is 11.9. The average Bonchev–Trinajstić information content (AvgIpc) is 2.93. The molecule has 7 nitrogen and oxygen atoms in total. The molecule has 1 aromatic heterocycles. The van der Waals surface area contributed by atoms with Crippen molar-refractivity contribution in [3.63, 3.8) is 0 Å². The van der Waals surface area contributed by atoms with E-state index in [9.17, 15) is 14.4 Å². The number of carbonyl (C=O) groups is 3. The van der Waals surface area contributed by atoms with Crippen LogP contribution in [0.4, 0.5) is 5.82 Å². The fraction of sp³-hybridized carbons (Fsp3) is 0.263. The molecule has 28 heavy (non-hydrogen) atoms. The van der Waals surface area contributed by atoms with Crippen LogP contribution in [0.1, 0.15) is 20.7 Å². The van der Waals surface area contributed by atoms with Crippen LogP contribution in [0.2, 0.25) is 10.0 Å². The SMILES string of the molecule is O=C(CN1C(=O)c2cc(Cl)c(Cl)cc2C1=O)N1CCN(c2ccccn2)CC1. The molecule has 2 aliphatic rings. The Morgan fingerprint density at radius 2 is 1.57 bits per heavy atom. The second-order valence-corrected chi connectivity index (χ2v) is 7.38. The summed E-state index contributed by atoms with van der Waals surface area (Å²) < 4.78 is 0. The van der Waals surface area contributed by atoms with E-state index in [1.807, 2.05) is 18.2 Å². The highest BCUT2D eigenvalue weighted by molar-refractivity contribution is 6.43. The standard InChI is InChI=1S/C19H16Cl2N4O3/c20-14-9-12-13(10-15(14)21)19(28)25(18(12)27)11-17(26)24-7-5-23(6-8-24)16-3-1-2-4-22-16/h1-4,9-10H,5-8,11H2. The maximum Gasteiger partial charge on any atom is 0.262 e. The molecular weight excluding hydrogens is 403 g/mol. The molecule has 4 rings (SSSR count). The zero-order chi connectivity index (χ0) is 19.8. The highest BCUT2D eigenvalue weighted by Crippen LogP contribution is 2.31. The first-order valence-electron chi connectivity index (χ1n) is 8.74.